The van der Waals surface area contributed by atoms with E-state index in [9.17, 15) is 22.8 Å². The molecule has 36 heavy (non-hydrogen) atoms. The average Bonchev–Trinajstić information content (AvgIpc) is 3.37. The minimum Gasteiger partial charge on any atom is -0.418 e. The van der Waals surface area contributed by atoms with Crippen LogP contribution >= 0.6 is 0 Å². The monoisotopic (exact) mass is 521 g/mol. The van der Waals surface area contributed by atoms with Crippen molar-refractivity contribution in [1.82, 2.24) is 25.7 Å². The van der Waals surface area contributed by atoms with Crippen LogP contribution in [0.15, 0.2) is 34.7 Å². The molecule has 0 saturated carbocycles. The molecule has 1 aliphatic rings. The largest absolute Gasteiger partial charge is 0.418 e. The summed E-state index contributed by atoms with van der Waals surface area (Å²) in [7, 11) is -4.08. The lowest BCUT2D eigenvalue weighted by Gasteiger charge is -2.28. The van der Waals surface area contributed by atoms with Crippen molar-refractivity contribution in [3.63, 3.8) is 0 Å². The Balaban J connectivity index is 1.77. The van der Waals surface area contributed by atoms with Crippen LogP contribution in [-0.4, -0.2) is 85.4 Å². The molecule has 1 saturated heterocycles. The predicted octanol–water partition coefficient (Wildman–Crippen LogP) is 0.735. The fraction of sp³-hybridized carbons (Fsp3) is 0.522. The number of rotatable bonds is 11. The predicted molar refractivity (Wildman–Crippen MR) is 129 cm³/mol. The number of hydrogen-bond donors (Lipinski definition) is 2. The molecule has 2 unspecified atom stereocenters. The number of benzene rings is 1. The Kier molecular flexibility index (Phi) is 9.53. The highest BCUT2D eigenvalue weighted by molar-refractivity contribution is 7.92. The Morgan fingerprint density at radius 1 is 1.08 bits per heavy atom. The van der Waals surface area contributed by atoms with E-state index in [1.807, 2.05) is 0 Å². The van der Waals surface area contributed by atoms with Gasteiger partial charge in [-0.05, 0) is 12.0 Å². The van der Waals surface area contributed by atoms with Crippen molar-refractivity contribution in [3.8, 4) is 0 Å². The van der Waals surface area contributed by atoms with Gasteiger partial charge in [0.25, 0.3) is 5.89 Å². The Hall–Kier alpha value is -3.32. The number of carbonyl (C=O) groups is 3. The van der Waals surface area contributed by atoms with Gasteiger partial charge in [-0.25, -0.2) is 13.2 Å². The number of hydrogen-bond acceptors (Lipinski definition) is 9. The summed E-state index contributed by atoms with van der Waals surface area (Å²) in [6.45, 7) is 4.45. The van der Waals surface area contributed by atoms with Crippen LogP contribution in [0.3, 0.4) is 0 Å². The fourth-order valence-corrected chi connectivity index (χ4v) is 5.20. The van der Waals surface area contributed by atoms with E-state index in [2.05, 4.69) is 20.8 Å². The zero-order chi connectivity index (χ0) is 26.1. The summed E-state index contributed by atoms with van der Waals surface area (Å²) in [4.78, 5) is 40.1. The number of morpholine rings is 1. The molecule has 0 aliphatic carbocycles. The van der Waals surface area contributed by atoms with E-state index in [1.165, 1.54) is 4.90 Å². The first-order valence-corrected chi connectivity index (χ1v) is 13.5. The molecule has 1 aromatic carbocycles. The topological polar surface area (TPSA) is 161 Å². The Bertz CT molecular complexity index is 1150. The van der Waals surface area contributed by atoms with E-state index >= 15 is 0 Å². The maximum atomic E-state index is 13.3. The molecule has 1 fully saturated rings. The van der Waals surface area contributed by atoms with Crippen molar-refractivity contribution >= 4 is 27.6 Å². The van der Waals surface area contributed by atoms with Crippen LogP contribution in [0.25, 0.3) is 0 Å². The molecule has 3 amide bonds. The number of aromatic nitrogens is 2. The SMILES string of the molecule is CCc1nnc(C(=O)C(CC)NC(=O)C(CNC(=O)N2CCOCC2)S(=O)(=O)Cc2ccccc2)o1. The lowest BCUT2D eigenvalue weighted by molar-refractivity contribution is -0.121. The second-order valence-electron chi connectivity index (χ2n) is 8.26. The average molecular weight is 522 g/mol. The quantitative estimate of drug-likeness (QED) is 0.406. The van der Waals surface area contributed by atoms with Crippen molar-refractivity contribution in [2.45, 2.75) is 43.7 Å². The number of ether oxygens (including phenoxy) is 1. The number of ketones is 1. The van der Waals surface area contributed by atoms with Crippen molar-refractivity contribution in [2.24, 2.45) is 0 Å². The van der Waals surface area contributed by atoms with E-state index in [1.54, 1.807) is 44.2 Å². The molecule has 12 nitrogen and oxygen atoms in total. The Morgan fingerprint density at radius 2 is 1.78 bits per heavy atom. The Morgan fingerprint density at radius 3 is 2.39 bits per heavy atom. The number of nitrogens with one attached hydrogen (secondary N) is 2. The zero-order valence-corrected chi connectivity index (χ0v) is 21.1. The van der Waals surface area contributed by atoms with Gasteiger partial charge in [0.2, 0.25) is 17.6 Å². The molecule has 196 valence electrons. The molecular weight excluding hydrogens is 490 g/mol. The standard InChI is InChI=1S/C23H31N5O7S/c1-3-17(20(29)22-27-26-19(4-2)35-22)25-21(30)18(14-24-23(31)28-10-12-34-13-11-28)36(32,33)15-16-8-6-5-7-9-16/h5-9,17-18H,3-4,10-15H2,1-2H3,(H,24,31)(H,25,30). The highest BCUT2D eigenvalue weighted by atomic mass is 32.2. The van der Waals surface area contributed by atoms with Crippen LogP contribution < -0.4 is 10.6 Å². The highest BCUT2D eigenvalue weighted by Crippen LogP contribution is 2.14. The second kappa shape index (κ2) is 12.6. The second-order valence-corrected chi connectivity index (χ2v) is 10.4. The minimum atomic E-state index is -4.08. The van der Waals surface area contributed by atoms with Crippen LogP contribution in [0, 0.1) is 0 Å². The summed E-state index contributed by atoms with van der Waals surface area (Å²) >= 11 is 0. The summed E-state index contributed by atoms with van der Waals surface area (Å²) in [5.74, 6) is -1.91. The summed E-state index contributed by atoms with van der Waals surface area (Å²) < 4.78 is 37.1. The van der Waals surface area contributed by atoms with Gasteiger partial charge < -0.3 is 24.7 Å². The number of sulfone groups is 1. The number of amides is 3. The summed E-state index contributed by atoms with van der Waals surface area (Å²) in [5.41, 5.74) is 0.496. The maximum Gasteiger partial charge on any atom is 0.317 e. The molecule has 3 rings (SSSR count). The summed E-state index contributed by atoms with van der Waals surface area (Å²) in [6, 6.07) is 6.85. The van der Waals surface area contributed by atoms with Crippen molar-refractivity contribution in [3.05, 3.63) is 47.7 Å². The Labute approximate surface area is 209 Å². The third-order valence-electron chi connectivity index (χ3n) is 5.69. The van der Waals surface area contributed by atoms with Crippen LogP contribution in [0.2, 0.25) is 0 Å². The molecule has 1 aromatic heterocycles. The smallest absolute Gasteiger partial charge is 0.317 e. The number of carbonyl (C=O) groups excluding carboxylic acids is 3. The molecule has 2 heterocycles. The summed E-state index contributed by atoms with van der Waals surface area (Å²) in [5, 5.41) is 10.9. The van der Waals surface area contributed by atoms with Gasteiger partial charge in [0, 0.05) is 26.1 Å². The van der Waals surface area contributed by atoms with Gasteiger partial charge in [-0.3, -0.25) is 9.59 Å². The van der Waals surface area contributed by atoms with Gasteiger partial charge in [0.05, 0.1) is 25.0 Å². The van der Waals surface area contributed by atoms with E-state index in [-0.39, 0.29) is 18.2 Å². The third kappa shape index (κ3) is 7.10. The van der Waals surface area contributed by atoms with Crippen LogP contribution in [0.4, 0.5) is 4.79 Å². The van der Waals surface area contributed by atoms with E-state index in [4.69, 9.17) is 9.15 Å². The number of nitrogens with zero attached hydrogens (tertiary/aromatic N) is 3. The third-order valence-corrected chi connectivity index (χ3v) is 7.68. The van der Waals surface area contributed by atoms with Crippen molar-refractivity contribution in [1.29, 1.82) is 0 Å². The van der Waals surface area contributed by atoms with Gasteiger partial charge in [0.1, 0.15) is 0 Å². The number of aryl methyl sites for hydroxylation is 1. The van der Waals surface area contributed by atoms with E-state index < -0.39 is 51.1 Å². The summed E-state index contributed by atoms with van der Waals surface area (Å²) in [6.07, 6.45) is 0.603. The molecule has 1 aliphatic heterocycles. The van der Waals surface area contributed by atoms with Gasteiger partial charge in [-0.2, -0.15) is 0 Å². The molecule has 2 atom stereocenters. The molecule has 13 heteroatoms. The number of urea groups is 1. The van der Waals surface area contributed by atoms with E-state index in [0.29, 0.717) is 38.3 Å². The van der Waals surface area contributed by atoms with Gasteiger partial charge in [-0.15, -0.1) is 10.2 Å². The first-order chi connectivity index (χ1) is 17.2. The van der Waals surface area contributed by atoms with Crippen LogP contribution in [-0.2, 0) is 31.5 Å². The minimum absolute atomic E-state index is 0.167. The molecule has 2 N–H and O–H groups in total. The molecule has 0 bridgehead atoms. The molecule has 0 radical (unpaired) electrons. The fourth-order valence-electron chi connectivity index (χ4n) is 3.61. The maximum absolute atomic E-state index is 13.3. The number of Topliss-reactive ketones (excluding diaryl/α,β-unsaturated/α-hetero) is 1. The van der Waals surface area contributed by atoms with Gasteiger partial charge in [-0.1, -0.05) is 44.2 Å². The molecule has 2 aromatic rings. The highest BCUT2D eigenvalue weighted by Gasteiger charge is 2.36. The molecular formula is C23H31N5O7S. The van der Waals surface area contributed by atoms with Gasteiger partial charge >= 0.3 is 6.03 Å². The van der Waals surface area contributed by atoms with Crippen LogP contribution in [0.5, 0.6) is 0 Å². The lowest BCUT2D eigenvalue weighted by atomic mass is 10.1. The zero-order valence-electron chi connectivity index (χ0n) is 20.3. The molecule has 0 spiro atoms. The van der Waals surface area contributed by atoms with Crippen molar-refractivity contribution < 1.29 is 32.0 Å². The lowest BCUT2D eigenvalue weighted by Crippen LogP contribution is -2.54. The van der Waals surface area contributed by atoms with Gasteiger partial charge in [0.15, 0.2) is 15.1 Å². The van der Waals surface area contributed by atoms with Crippen molar-refractivity contribution in [2.75, 3.05) is 32.8 Å². The van der Waals surface area contributed by atoms with E-state index in [0.717, 1.165) is 0 Å². The van der Waals surface area contributed by atoms with Crippen LogP contribution in [0.1, 0.15) is 42.4 Å². The first-order valence-electron chi connectivity index (χ1n) is 11.8. The normalized spacial score (nSPS) is 15.7. The first kappa shape index (κ1) is 27.3.